The summed E-state index contributed by atoms with van der Waals surface area (Å²) in [5, 5.41) is 9.86. The van der Waals surface area contributed by atoms with Crippen LogP contribution in [-0.2, 0) is 19.1 Å². The molecule has 0 spiro atoms. The van der Waals surface area contributed by atoms with Crippen LogP contribution < -0.4 is 4.90 Å². The summed E-state index contributed by atoms with van der Waals surface area (Å²) in [5.41, 5.74) is 1.20. The normalized spacial score (nSPS) is 21.1. The third-order valence-electron chi connectivity index (χ3n) is 5.33. The summed E-state index contributed by atoms with van der Waals surface area (Å²) >= 11 is 0. The van der Waals surface area contributed by atoms with E-state index in [2.05, 4.69) is 6.92 Å². The van der Waals surface area contributed by atoms with Crippen LogP contribution in [0.3, 0.4) is 0 Å². The van der Waals surface area contributed by atoms with Gasteiger partial charge in [-0.25, -0.2) is 4.79 Å². The minimum Gasteiger partial charge on any atom is -0.461 e. The fourth-order valence-electron chi connectivity index (χ4n) is 3.37. The molecule has 2 unspecified atom stereocenters. The molecule has 1 aliphatic heterocycles. The Bertz CT molecular complexity index is 725. The maximum atomic E-state index is 12.4. The molecule has 1 heterocycles. The van der Waals surface area contributed by atoms with E-state index in [1.54, 1.807) is 6.08 Å². The first-order valence-electron chi connectivity index (χ1n) is 10.3. The molecule has 0 aliphatic carbocycles. The Morgan fingerprint density at radius 2 is 2.00 bits per heavy atom. The Labute approximate surface area is 173 Å². The molecule has 0 saturated carbocycles. The van der Waals surface area contributed by atoms with Crippen LogP contribution in [0.5, 0.6) is 0 Å². The molecule has 1 aliphatic rings. The molecule has 160 valence electrons. The van der Waals surface area contributed by atoms with E-state index in [9.17, 15) is 14.7 Å². The molecular formula is C23H33NO5. The average Bonchev–Trinajstić information content (AvgIpc) is 3.03. The lowest BCUT2D eigenvalue weighted by Gasteiger charge is -2.25. The predicted octanol–water partition coefficient (Wildman–Crippen LogP) is 3.57. The zero-order valence-corrected chi connectivity index (χ0v) is 17.9. The largest absolute Gasteiger partial charge is 0.461 e. The zero-order valence-electron chi connectivity index (χ0n) is 17.9. The molecule has 1 saturated heterocycles. The number of hydrogen-bond acceptors (Lipinski definition) is 6. The second-order valence-corrected chi connectivity index (χ2v) is 7.92. The van der Waals surface area contributed by atoms with Gasteiger partial charge in [0, 0.05) is 31.8 Å². The van der Waals surface area contributed by atoms with Gasteiger partial charge in [0.1, 0.15) is 6.61 Å². The number of carbonyl (C=O) groups excluding carboxylic acids is 2. The summed E-state index contributed by atoms with van der Waals surface area (Å²) < 4.78 is 10.9. The van der Waals surface area contributed by atoms with Gasteiger partial charge in [-0.15, -0.1) is 0 Å². The van der Waals surface area contributed by atoms with Crippen LogP contribution in [0, 0.1) is 5.92 Å². The summed E-state index contributed by atoms with van der Waals surface area (Å²) in [6.45, 7) is 3.52. The first-order valence-corrected chi connectivity index (χ1v) is 10.3. The highest BCUT2D eigenvalue weighted by molar-refractivity contribution is 5.96. The standard InChI is InChI=1S/C23H33NO5/c1-5-7-8-18(6-2)21(26)28-16-23(15-25)14-19(22(27)29-23)13-17-9-11-20(12-10-17)24(3)4/h9-13,18,25H,5-8,14-16H2,1-4H3/b19-13+. The van der Waals surface area contributed by atoms with E-state index in [1.165, 1.54) is 0 Å². The van der Waals surface area contributed by atoms with E-state index < -0.39 is 18.2 Å². The van der Waals surface area contributed by atoms with Crippen molar-refractivity contribution in [1.29, 1.82) is 0 Å². The van der Waals surface area contributed by atoms with E-state index in [4.69, 9.17) is 9.47 Å². The number of esters is 2. The first kappa shape index (κ1) is 22.9. The van der Waals surface area contributed by atoms with Gasteiger partial charge in [-0.3, -0.25) is 4.79 Å². The van der Waals surface area contributed by atoms with Crippen LogP contribution in [0.25, 0.3) is 6.08 Å². The lowest BCUT2D eigenvalue weighted by Crippen LogP contribution is -2.40. The van der Waals surface area contributed by atoms with Gasteiger partial charge in [-0.1, -0.05) is 38.8 Å². The monoisotopic (exact) mass is 403 g/mol. The van der Waals surface area contributed by atoms with Crippen molar-refractivity contribution in [3.63, 3.8) is 0 Å². The summed E-state index contributed by atoms with van der Waals surface area (Å²) in [4.78, 5) is 26.7. The van der Waals surface area contributed by atoms with Gasteiger partial charge < -0.3 is 19.5 Å². The number of aliphatic hydroxyl groups excluding tert-OH is 1. The van der Waals surface area contributed by atoms with Crippen molar-refractivity contribution in [2.75, 3.05) is 32.2 Å². The van der Waals surface area contributed by atoms with Crippen LogP contribution in [0.4, 0.5) is 5.69 Å². The van der Waals surface area contributed by atoms with Crippen LogP contribution in [0.2, 0.25) is 0 Å². The summed E-state index contributed by atoms with van der Waals surface area (Å²) in [5.74, 6) is -0.931. The third kappa shape index (κ3) is 6.07. The number of rotatable bonds is 10. The number of ether oxygens (including phenoxy) is 2. The third-order valence-corrected chi connectivity index (χ3v) is 5.33. The lowest BCUT2D eigenvalue weighted by molar-refractivity contribution is -0.169. The highest BCUT2D eigenvalue weighted by atomic mass is 16.6. The molecule has 1 fully saturated rings. The number of carbonyl (C=O) groups is 2. The molecule has 2 rings (SSSR count). The topological polar surface area (TPSA) is 76.1 Å². The zero-order chi connectivity index (χ0) is 21.4. The second-order valence-electron chi connectivity index (χ2n) is 7.92. The van der Waals surface area contributed by atoms with Crippen LogP contribution in [0.15, 0.2) is 29.8 Å². The summed E-state index contributed by atoms with van der Waals surface area (Å²) in [7, 11) is 3.92. The van der Waals surface area contributed by atoms with Crippen molar-refractivity contribution in [2.45, 2.75) is 51.6 Å². The number of nitrogens with zero attached hydrogens (tertiary/aromatic N) is 1. The molecule has 0 amide bonds. The van der Waals surface area contributed by atoms with Crippen molar-refractivity contribution in [1.82, 2.24) is 0 Å². The van der Waals surface area contributed by atoms with Gasteiger partial charge in [-0.05, 0) is 36.6 Å². The van der Waals surface area contributed by atoms with Crippen molar-refractivity contribution in [3.8, 4) is 0 Å². The minimum absolute atomic E-state index is 0.131. The Morgan fingerprint density at radius 3 is 2.55 bits per heavy atom. The molecular weight excluding hydrogens is 370 g/mol. The maximum absolute atomic E-state index is 12.4. The Kier molecular flexibility index (Phi) is 8.26. The Hall–Kier alpha value is -2.34. The van der Waals surface area contributed by atoms with E-state index in [0.29, 0.717) is 12.0 Å². The van der Waals surface area contributed by atoms with Crippen LogP contribution >= 0.6 is 0 Å². The summed E-state index contributed by atoms with van der Waals surface area (Å²) in [6.07, 6.45) is 5.44. The van der Waals surface area contributed by atoms with Crippen molar-refractivity contribution >= 4 is 23.7 Å². The highest BCUT2D eigenvalue weighted by Crippen LogP contribution is 2.33. The number of unbranched alkanes of at least 4 members (excludes halogenated alkanes) is 1. The molecule has 1 aromatic carbocycles. The SMILES string of the molecule is CCCCC(CC)C(=O)OCC1(CO)C/C(=C\c2ccc(N(C)C)cc2)C(=O)O1. The maximum Gasteiger partial charge on any atom is 0.334 e. The molecule has 0 aromatic heterocycles. The Balaban J connectivity index is 2.05. The molecule has 29 heavy (non-hydrogen) atoms. The molecule has 6 heteroatoms. The molecule has 2 atom stereocenters. The molecule has 1 aromatic rings. The van der Waals surface area contributed by atoms with Gasteiger partial charge in [0.15, 0.2) is 5.60 Å². The molecule has 0 bridgehead atoms. The quantitative estimate of drug-likeness (QED) is 0.475. The van der Waals surface area contributed by atoms with Crippen molar-refractivity contribution in [3.05, 3.63) is 35.4 Å². The van der Waals surface area contributed by atoms with Crippen LogP contribution in [-0.4, -0.2) is 50.0 Å². The van der Waals surface area contributed by atoms with Gasteiger partial charge in [-0.2, -0.15) is 0 Å². The number of cyclic esters (lactones) is 1. The number of benzene rings is 1. The number of anilines is 1. The lowest BCUT2D eigenvalue weighted by atomic mass is 9.97. The summed E-state index contributed by atoms with van der Waals surface area (Å²) in [6, 6.07) is 7.78. The van der Waals surface area contributed by atoms with Crippen molar-refractivity contribution in [2.24, 2.45) is 5.92 Å². The average molecular weight is 404 g/mol. The Morgan fingerprint density at radius 1 is 1.31 bits per heavy atom. The highest BCUT2D eigenvalue weighted by Gasteiger charge is 2.44. The molecule has 0 radical (unpaired) electrons. The predicted molar refractivity (Wildman–Crippen MR) is 114 cm³/mol. The smallest absolute Gasteiger partial charge is 0.334 e. The fourth-order valence-corrected chi connectivity index (χ4v) is 3.37. The minimum atomic E-state index is -1.20. The van der Waals surface area contributed by atoms with Crippen molar-refractivity contribution < 1.29 is 24.2 Å². The van der Waals surface area contributed by atoms with E-state index in [-0.39, 0.29) is 24.9 Å². The molecule has 1 N–H and O–H groups in total. The van der Waals surface area contributed by atoms with E-state index in [0.717, 1.165) is 30.5 Å². The van der Waals surface area contributed by atoms with Gasteiger partial charge >= 0.3 is 11.9 Å². The van der Waals surface area contributed by atoms with Crippen LogP contribution in [0.1, 0.15) is 51.5 Å². The van der Waals surface area contributed by atoms with Gasteiger partial charge in [0.25, 0.3) is 0 Å². The van der Waals surface area contributed by atoms with Gasteiger partial charge in [0.2, 0.25) is 0 Å². The first-order chi connectivity index (χ1) is 13.8. The number of aliphatic hydroxyl groups is 1. The second kappa shape index (κ2) is 10.4. The fraction of sp³-hybridized carbons (Fsp3) is 0.565. The van der Waals surface area contributed by atoms with Gasteiger partial charge in [0.05, 0.1) is 12.5 Å². The van der Waals surface area contributed by atoms with E-state index in [1.807, 2.05) is 50.2 Å². The number of hydrogen-bond donors (Lipinski definition) is 1. The molecule has 6 nitrogen and oxygen atoms in total. The van der Waals surface area contributed by atoms with E-state index >= 15 is 0 Å².